The van der Waals surface area contributed by atoms with Crippen molar-refractivity contribution in [2.24, 2.45) is 0 Å². The maximum absolute atomic E-state index is 4.44. The highest BCUT2D eigenvalue weighted by atomic mass is 15.0. The Labute approximate surface area is 168 Å². The quantitative estimate of drug-likeness (QED) is 0.436. The van der Waals surface area contributed by atoms with Crippen molar-refractivity contribution in [1.82, 2.24) is 19.9 Å². The highest BCUT2D eigenvalue weighted by Crippen LogP contribution is 2.27. The van der Waals surface area contributed by atoms with Crippen LogP contribution in [0.4, 0.5) is 5.82 Å². The molecule has 0 aliphatic rings. The fraction of sp³-hybridized carbons (Fsp3) is 0.0417. The summed E-state index contributed by atoms with van der Waals surface area (Å²) in [6.45, 7) is 0.687. The van der Waals surface area contributed by atoms with Crippen LogP contribution in [0.5, 0.6) is 0 Å². The number of nitrogens with one attached hydrogen (secondary N) is 2. The first-order chi connectivity index (χ1) is 14.4. The number of hydrogen-bond donors (Lipinski definition) is 2. The molecule has 0 aliphatic heterocycles. The van der Waals surface area contributed by atoms with E-state index in [9.17, 15) is 0 Å². The van der Waals surface area contributed by atoms with Crippen LogP contribution >= 0.6 is 0 Å². The van der Waals surface area contributed by atoms with Crippen LogP contribution in [-0.2, 0) is 6.54 Å². The first-order valence-electron chi connectivity index (χ1n) is 9.49. The molecule has 0 spiro atoms. The van der Waals surface area contributed by atoms with E-state index in [2.05, 4.69) is 73.8 Å². The van der Waals surface area contributed by atoms with Crippen LogP contribution in [0.3, 0.4) is 0 Å². The molecule has 5 aromatic rings. The van der Waals surface area contributed by atoms with E-state index in [-0.39, 0.29) is 0 Å². The Hall–Kier alpha value is -3.99. The largest absolute Gasteiger partial charge is 0.366 e. The molecule has 5 nitrogen and oxygen atoms in total. The summed E-state index contributed by atoms with van der Waals surface area (Å²) in [5, 5.41) is 4.46. The second-order valence-electron chi connectivity index (χ2n) is 6.81. The van der Waals surface area contributed by atoms with Crippen LogP contribution in [0.25, 0.3) is 33.4 Å². The molecule has 5 heteroatoms. The van der Waals surface area contributed by atoms with E-state index in [1.807, 2.05) is 30.5 Å². The standard InChI is InChI=1S/C24H19N5/c1-2-7-18(8-3-1)19-9-4-6-17(12-19)14-26-23-13-22(28-16-29-23)21-15-27-24-20(21)10-5-11-25-24/h1-13,15-16H,14H2,(H,25,27)(H,26,28,29). The Balaban J connectivity index is 1.36. The van der Waals surface area contributed by atoms with Gasteiger partial charge in [-0.15, -0.1) is 0 Å². The van der Waals surface area contributed by atoms with Gasteiger partial charge in [0.15, 0.2) is 0 Å². The van der Waals surface area contributed by atoms with Crippen LogP contribution < -0.4 is 5.32 Å². The van der Waals surface area contributed by atoms with Gasteiger partial charge in [-0.1, -0.05) is 48.5 Å². The summed E-state index contributed by atoms with van der Waals surface area (Å²) in [4.78, 5) is 16.4. The lowest BCUT2D eigenvalue weighted by molar-refractivity contribution is 1.08. The molecule has 0 fully saturated rings. The third kappa shape index (κ3) is 3.58. The van der Waals surface area contributed by atoms with E-state index in [0.717, 1.165) is 28.1 Å². The number of aromatic amines is 1. The number of pyridine rings is 1. The van der Waals surface area contributed by atoms with E-state index in [1.54, 1.807) is 12.5 Å². The molecule has 140 valence electrons. The zero-order valence-corrected chi connectivity index (χ0v) is 15.7. The molecule has 5 rings (SSSR count). The first-order valence-corrected chi connectivity index (χ1v) is 9.49. The smallest absolute Gasteiger partial charge is 0.137 e. The van der Waals surface area contributed by atoms with Gasteiger partial charge in [-0.2, -0.15) is 0 Å². The molecule has 0 radical (unpaired) electrons. The molecule has 0 bridgehead atoms. The van der Waals surface area contributed by atoms with Crippen LogP contribution in [0.2, 0.25) is 0 Å². The van der Waals surface area contributed by atoms with Gasteiger partial charge in [0.2, 0.25) is 0 Å². The van der Waals surface area contributed by atoms with Gasteiger partial charge >= 0.3 is 0 Å². The second-order valence-corrected chi connectivity index (χ2v) is 6.81. The van der Waals surface area contributed by atoms with Gasteiger partial charge in [0.25, 0.3) is 0 Å². The van der Waals surface area contributed by atoms with Gasteiger partial charge in [0, 0.05) is 36.0 Å². The van der Waals surface area contributed by atoms with Crippen molar-refractivity contribution >= 4 is 16.9 Å². The Morgan fingerprint density at radius 3 is 2.62 bits per heavy atom. The predicted octanol–water partition coefficient (Wildman–Crippen LogP) is 5.30. The number of aromatic nitrogens is 4. The van der Waals surface area contributed by atoms with Crippen LogP contribution in [0.15, 0.2) is 91.5 Å². The molecular formula is C24H19N5. The Kier molecular flexibility index (Phi) is 4.47. The average molecular weight is 377 g/mol. The molecule has 0 saturated heterocycles. The topological polar surface area (TPSA) is 66.5 Å². The van der Waals surface area contributed by atoms with Crippen molar-refractivity contribution < 1.29 is 0 Å². The lowest BCUT2D eigenvalue weighted by Crippen LogP contribution is -2.02. The highest BCUT2D eigenvalue weighted by molar-refractivity contribution is 5.92. The van der Waals surface area contributed by atoms with E-state index >= 15 is 0 Å². The van der Waals surface area contributed by atoms with Crippen molar-refractivity contribution in [2.75, 3.05) is 5.32 Å². The number of benzene rings is 2. The number of nitrogens with zero attached hydrogens (tertiary/aromatic N) is 3. The number of H-pyrrole nitrogens is 1. The molecule has 0 atom stereocenters. The van der Waals surface area contributed by atoms with E-state index in [1.165, 1.54) is 16.7 Å². The summed E-state index contributed by atoms with van der Waals surface area (Å²) in [6, 6.07) is 24.9. The molecular weight excluding hydrogens is 358 g/mol. The summed E-state index contributed by atoms with van der Waals surface area (Å²) in [5.41, 5.74) is 6.35. The summed E-state index contributed by atoms with van der Waals surface area (Å²) in [7, 11) is 0. The Bertz CT molecular complexity index is 1260. The van der Waals surface area contributed by atoms with E-state index in [0.29, 0.717) is 6.54 Å². The third-order valence-corrected chi connectivity index (χ3v) is 4.90. The molecule has 0 amide bonds. The lowest BCUT2D eigenvalue weighted by atomic mass is 10.0. The van der Waals surface area contributed by atoms with Crippen molar-refractivity contribution in [3.05, 3.63) is 97.1 Å². The summed E-state index contributed by atoms with van der Waals surface area (Å²) in [6.07, 6.45) is 5.31. The lowest BCUT2D eigenvalue weighted by Gasteiger charge is -2.09. The van der Waals surface area contributed by atoms with Gasteiger partial charge in [0.1, 0.15) is 17.8 Å². The van der Waals surface area contributed by atoms with Crippen LogP contribution in [0.1, 0.15) is 5.56 Å². The van der Waals surface area contributed by atoms with Gasteiger partial charge in [-0.3, -0.25) is 0 Å². The predicted molar refractivity (Wildman–Crippen MR) is 116 cm³/mol. The molecule has 0 saturated carbocycles. The van der Waals surface area contributed by atoms with Crippen molar-refractivity contribution in [1.29, 1.82) is 0 Å². The maximum Gasteiger partial charge on any atom is 0.137 e. The van der Waals surface area contributed by atoms with Crippen molar-refractivity contribution in [3.8, 4) is 22.4 Å². The van der Waals surface area contributed by atoms with Crippen LogP contribution in [-0.4, -0.2) is 19.9 Å². The minimum Gasteiger partial charge on any atom is -0.366 e. The number of rotatable bonds is 5. The van der Waals surface area contributed by atoms with Crippen molar-refractivity contribution in [2.45, 2.75) is 6.54 Å². The van der Waals surface area contributed by atoms with Gasteiger partial charge in [-0.25, -0.2) is 15.0 Å². The zero-order chi connectivity index (χ0) is 19.5. The average Bonchev–Trinajstić information content (AvgIpc) is 3.23. The molecule has 0 unspecified atom stereocenters. The fourth-order valence-corrected chi connectivity index (χ4v) is 3.45. The highest BCUT2D eigenvalue weighted by Gasteiger charge is 2.09. The third-order valence-electron chi connectivity index (χ3n) is 4.90. The van der Waals surface area contributed by atoms with Crippen molar-refractivity contribution in [3.63, 3.8) is 0 Å². The first kappa shape index (κ1) is 17.1. The molecule has 3 heterocycles. The van der Waals surface area contributed by atoms with Gasteiger partial charge in [0.05, 0.1) is 5.69 Å². The zero-order valence-electron chi connectivity index (χ0n) is 15.7. The summed E-state index contributed by atoms with van der Waals surface area (Å²) >= 11 is 0. The molecule has 29 heavy (non-hydrogen) atoms. The normalized spacial score (nSPS) is 10.9. The van der Waals surface area contributed by atoms with E-state index < -0.39 is 0 Å². The fourth-order valence-electron chi connectivity index (χ4n) is 3.45. The molecule has 2 N–H and O–H groups in total. The minimum atomic E-state index is 0.687. The Morgan fingerprint density at radius 1 is 0.793 bits per heavy atom. The van der Waals surface area contributed by atoms with E-state index in [4.69, 9.17) is 0 Å². The second kappa shape index (κ2) is 7.56. The summed E-state index contributed by atoms with van der Waals surface area (Å²) < 4.78 is 0. The maximum atomic E-state index is 4.44. The number of hydrogen-bond acceptors (Lipinski definition) is 4. The monoisotopic (exact) mass is 377 g/mol. The van der Waals surface area contributed by atoms with Gasteiger partial charge < -0.3 is 10.3 Å². The number of anilines is 1. The van der Waals surface area contributed by atoms with Gasteiger partial charge in [-0.05, 0) is 34.9 Å². The summed E-state index contributed by atoms with van der Waals surface area (Å²) in [5.74, 6) is 0.790. The minimum absolute atomic E-state index is 0.687. The Morgan fingerprint density at radius 2 is 1.69 bits per heavy atom. The SMILES string of the molecule is c1ccc(-c2cccc(CNc3cc(-c4c[nH]c5ncccc45)ncn3)c2)cc1. The van der Waals surface area contributed by atoms with Crippen LogP contribution in [0, 0.1) is 0 Å². The number of fused-ring (bicyclic) bond motifs is 1. The molecule has 2 aromatic carbocycles. The molecule has 3 aromatic heterocycles. The molecule has 0 aliphatic carbocycles.